The molecule has 0 bridgehead atoms. The van der Waals surface area contributed by atoms with E-state index in [2.05, 4.69) is 26.1 Å². The average Bonchev–Trinajstić information content (AvgIpc) is 1.86. The minimum atomic E-state index is 0.0509. The fourth-order valence-electron chi connectivity index (χ4n) is 1.49. The largest absolute Gasteiger partial charge is 0.351 e. The Morgan fingerprint density at radius 3 is 2.55 bits per heavy atom. The molecule has 1 heterocycles. The van der Waals surface area contributed by atoms with Gasteiger partial charge in [-0.2, -0.15) is 0 Å². The van der Waals surface area contributed by atoms with Gasteiger partial charge in [0.05, 0.1) is 0 Å². The third kappa shape index (κ3) is 1.73. The first-order valence-corrected chi connectivity index (χ1v) is 4.35. The van der Waals surface area contributed by atoms with Crippen LogP contribution in [0.15, 0.2) is 0 Å². The van der Waals surface area contributed by atoms with Gasteiger partial charge < -0.3 is 5.32 Å². The van der Waals surface area contributed by atoms with Crippen LogP contribution in [0.25, 0.3) is 0 Å². The zero-order chi connectivity index (χ0) is 8.48. The topological polar surface area (TPSA) is 29.1 Å². The molecule has 0 spiro atoms. The van der Waals surface area contributed by atoms with Crippen molar-refractivity contribution in [1.29, 1.82) is 0 Å². The quantitative estimate of drug-likeness (QED) is 0.613. The highest BCUT2D eigenvalue weighted by molar-refractivity contribution is 5.77. The van der Waals surface area contributed by atoms with Crippen LogP contribution in [0.4, 0.5) is 0 Å². The van der Waals surface area contributed by atoms with Crippen LogP contribution in [-0.4, -0.2) is 11.4 Å². The summed E-state index contributed by atoms with van der Waals surface area (Å²) in [6.07, 6.45) is 2.87. The predicted octanol–water partition coefficient (Wildman–Crippen LogP) is 1.70. The fraction of sp³-hybridized carbons (Fsp3) is 0.889. The lowest BCUT2D eigenvalue weighted by Gasteiger charge is -2.38. The van der Waals surface area contributed by atoms with Crippen LogP contribution >= 0.6 is 0 Å². The molecule has 1 fully saturated rings. The number of amides is 1. The van der Waals surface area contributed by atoms with Crippen LogP contribution in [0.5, 0.6) is 0 Å². The summed E-state index contributed by atoms with van der Waals surface area (Å²) in [5.41, 5.74) is 0.0509. The van der Waals surface area contributed by atoms with E-state index in [1.165, 1.54) is 0 Å². The molecule has 2 heteroatoms. The second kappa shape index (κ2) is 2.84. The van der Waals surface area contributed by atoms with Gasteiger partial charge in [-0.25, -0.2) is 0 Å². The van der Waals surface area contributed by atoms with E-state index in [4.69, 9.17) is 0 Å². The van der Waals surface area contributed by atoms with Gasteiger partial charge in [-0.3, -0.25) is 4.79 Å². The number of carbonyl (C=O) groups excluding carboxylic acids is 1. The number of hydrogen-bond acceptors (Lipinski definition) is 1. The van der Waals surface area contributed by atoms with Crippen LogP contribution in [0.2, 0.25) is 0 Å². The monoisotopic (exact) mass is 155 g/mol. The molecule has 0 aliphatic carbocycles. The molecular weight excluding hydrogens is 138 g/mol. The van der Waals surface area contributed by atoms with Gasteiger partial charge >= 0.3 is 0 Å². The van der Waals surface area contributed by atoms with Crippen molar-refractivity contribution in [3.05, 3.63) is 0 Å². The van der Waals surface area contributed by atoms with E-state index in [9.17, 15) is 4.79 Å². The Labute approximate surface area is 68.4 Å². The van der Waals surface area contributed by atoms with E-state index < -0.39 is 0 Å². The maximum absolute atomic E-state index is 11.1. The summed E-state index contributed by atoms with van der Waals surface area (Å²) in [5.74, 6) is 0.749. The molecule has 2 nitrogen and oxygen atoms in total. The molecule has 0 saturated carbocycles. The molecule has 11 heavy (non-hydrogen) atoms. The number of hydrogen-bond donors (Lipinski definition) is 1. The van der Waals surface area contributed by atoms with Crippen LogP contribution in [0.1, 0.15) is 40.0 Å². The zero-order valence-electron chi connectivity index (χ0n) is 7.61. The maximum atomic E-state index is 11.1. The molecule has 0 aromatic carbocycles. The highest BCUT2D eigenvalue weighted by Gasteiger charge is 2.32. The third-order valence-electron chi connectivity index (χ3n) is 2.80. The predicted molar refractivity (Wildman–Crippen MR) is 45.2 cm³/mol. The van der Waals surface area contributed by atoms with E-state index in [-0.39, 0.29) is 11.4 Å². The van der Waals surface area contributed by atoms with Gasteiger partial charge in [0.2, 0.25) is 5.91 Å². The molecule has 0 unspecified atom stereocenters. The standard InChI is InChI=1S/C9H17NO/c1-7(2)9(3)6-4-5-8(11)10-9/h7H,4-6H2,1-3H3,(H,10,11)/t9-/m0/s1. The van der Waals surface area contributed by atoms with Gasteiger partial charge in [0.15, 0.2) is 0 Å². The highest BCUT2D eigenvalue weighted by Crippen LogP contribution is 2.26. The summed E-state index contributed by atoms with van der Waals surface area (Å²) in [4.78, 5) is 11.1. The Bertz CT molecular complexity index is 165. The average molecular weight is 155 g/mol. The maximum Gasteiger partial charge on any atom is 0.220 e. The van der Waals surface area contributed by atoms with Crippen molar-refractivity contribution in [3.63, 3.8) is 0 Å². The van der Waals surface area contributed by atoms with Crippen molar-refractivity contribution in [3.8, 4) is 0 Å². The first-order valence-electron chi connectivity index (χ1n) is 4.35. The molecule has 0 aromatic heterocycles. The van der Waals surface area contributed by atoms with Gasteiger partial charge in [0, 0.05) is 12.0 Å². The van der Waals surface area contributed by atoms with Gasteiger partial charge in [-0.1, -0.05) is 13.8 Å². The Balaban J connectivity index is 2.62. The molecule has 1 rings (SSSR count). The second-order valence-corrected chi connectivity index (χ2v) is 3.97. The van der Waals surface area contributed by atoms with E-state index in [1.807, 2.05) is 0 Å². The van der Waals surface area contributed by atoms with E-state index in [0.29, 0.717) is 12.3 Å². The summed E-state index contributed by atoms with van der Waals surface area (Å²) in [6.45, 7) is 6.45. The SMILES string of the molecule is CC(C)[C@]1(C)CCCC(=O)N1. The first-order chi connectivity index (χ1) is 5.04. The van der Waals surface area contributed by atoms with Crippen molar-refractivity contribution in [1.82, 2.24) is 5.32 Å². The summed E-state index contributed by atoms with van der Waals surface area (Å²) >= 11 is 0. The van der Waals surface area contributed by atoms with Gasteiger partial charge in [0.25, 0.3) is 0 Å². The summed E-state index contributed by atoms with van der Waals surface area (Å²) in [5, 5.41) is 3.05. The minimum Gasteiger partial charge on any atom is -0.351 e. The summed E-state index contributed by atoms with van der Waals surface area (Å²) in [6, 6.07) is 0. The van der Waals surface area contributed by atoms with Crippen molar-refractivity contribution in [2.75, 3.05) is 0 Å². The van der Waals surface area contributed by atoms with Crippen molar-refractivity contribution in [2.24, 2.45) is 5.92 Å². The van der Waals surface area contributed by atoms with Crippen LogP contribution in [0.3, 0.4) is 0 Å². The summed E-state index contributed by atoms with van der Waals surface area (Å²) < 4.78 is 0. The van der Waals surface area contributed by atoms with E-state index in [1.54, 1.807) is 0 Å². The molecule has 1 amide bonds. The third-order valence-corrected chi connectivity index (χ3v) is 2.80. The molecule has 1 aliphatic heterocycles. The highest BCUT2D eigenvalue weighted by atomic mass is 16.1. The molecule has 0 aromatic rings. The van der Waals surface area contributed by atoms with Gasteiger partial charge in [0.1, 0.15) is 0 Å². The lowest BCUT2D eigenvalue weighted by Crippen LogP contribution is -2.52. The molecule has 1 atom stereocenters. The normalized spacial score (nSPS) is 32.2. The smallest absolute Gasteiger partial charge is 0.220 e. The van der Waals surface area contributed by atoms with Crippen molar-refractivity contribution >= 4 is 5.91 Å². The Hall–Kier alpha value is -0.530. The molecule has 1 saturated heterocycles. The number of piperidine rings is 1. The Kier molecular flexibility index (Phi) is 2.21. The molecule has 1 aliphatic rings. The van der Waals surface area contributed by atoms with Crippen molar-refractivity contribution in [2.45, 2.75) is 45.6 Å². The second-order valence-electron chi connectivity index (χ2n) is 3.97. The molecule has 1 N–H and O–H groups in total. The van der Waals surface area contributed by atoms with Crippen LogP contribution in [-0.2, 0) is 4.79 Å². The Morgan fingerprint density at radius 2 is 2.18 bits per heavy atom. The van der Waals surface area contributed by atoms with E-state index in [0.717, 1.165) is 12.8 Å². The van der Waals surface area contributed by atoms with E-state index >= 15 is 0 Å². The van der Waals surface area contributed by atoms with Crippen LogP contribution < -0.4 is 5.32 Å². The lowest BCUT2D eigenvalue weighted by molar-refractivity contribution is -0.125. The first kappa shape index (κ1) is 8.57. The minimum absolute atomic E-state index is 0.0509. The van der Waals surface area contributed by atoms with Crippen LogP contribution in [0, 0.1) is 5.92 Å². The number of nitrogens with one attached hydrogen (secondary N) is 1. The summed E-state index contributed by atoms with van der Waals surface area (Å²) in [7, 11) is 0. The molecule has 64 valence electrons. The van der Waals surface area contributed by atoms with Gasteiger partial charge in [-0.15, -0.1) is 0 Å². The lowest BCUT2D eigenvalue weighted by atomic mass is 9.81. The molecule has 0 radical (unpaired) electrons. The number of rotatable bonds is 1. The Morgan fingerprint density at radius 1 is 1.55 bits per heavy atom. The number of carbonyl (C=O) groups is 1. The van der Waals surface area contributed by atoms with Gasteiger partial charge in [-0.05, 0) is 25.7 Å². The van der Waals surface area contributed by atoms with Crippen molar-refractivity contribution < 1.29 is 4.79 Å². The zero-order valence-corrected chi connectivity index (χ0v) is 7.61. The fourth-order valence-corrected chi connectivity index (χ4v) is 1.49. The molecular formula is C9H17NO.